The van der Waals surface area contributed by atoms with Gasteiger partial charge >= 0.3 is 0 Å². The Morgan fingerprint density at radius 2 is 1.62 bits per heavy atom. The summed E-state index contributed by atoms with van der Waals surface area (Å²) in [4.78, 5) is 70.2. The van der Waals surface area contributed by atoms with Gasteiger partial charge in [0, 0.05) is 93.0 Å². The summed E-state index contributed by atoms with van der Waals surface area (Å²) in [6.07, 6.45) is 2.54. The maximum Gasteiger partial charge on any atom is 0.278 e. The topological polar surface area (TPSA) is 201 Å². The Bertz CT molecular complexity index is 2560. The van der Waals surface area contributed by atoms with Crippen LogP contribution < -0.4 is 30.6 Å². The van der Waals surface area contributed by atoms with E-state index in [4.69, 9.17) is 25.8 Å². The van der Waals surface area contributed by atoms with Gasteiger partial charge in [-0.05, 0) is 80.3 Å². The molecule has 66 heavy (non-hydrogen) atoms. The average Bonchev–Trinajstić information content (AvgIpc) is 3.31. The maximum absolute atomic E-state index is 13.5. The molecule has 0 bridgehead atoms. The molecule has 4 heterocycles. The molecule has 4 aromatic rings. The SMILES string of the molecule is CC1(C)[C@H](NC(=O)c2ccc(N3CCN(CCCOC4CCN(C(=O)COc5ccc6nnn(C7CCC(=O)NC7=O)c(=O)c6c5)CC4)CC3)cc2)C(C)(C)[C@H]1Oc1ccc(C#N)c(Cl)c1. The minimum Gasteiger partial charge on any atom is -0.489 e. The summed E-state index contributed by atoms with van der Waals surface area (Å²) in [6, 6.07) is 18.6. The lowest BCUT2D eigenvalue weighted by Crippen LogP contribution is -2.74. The number of piperidine rings is 2. The van der Waals surface area contributed by atoms with E-state index in [2.05, 4.69) is 64.5 Å². The Kier molecular flexibility index (Phi) is 13.7. The van der Waals surface area contributed by atoms with Gasteiger partial charge in [-0.25, -0.2) is 0 Å². The molecule has 18 heteroatoms. The van der Waals surface area contributed by atoms with Crippen LogP contribution in [0.2, 0.25) is 5.02 Å². The van der Waals surface area contributed by atoms with Crippen molar-refractivity contribution in [1.82, 2.24) is 35.4 Å². The number of nitriles is 1. The zero-order valence-electron chi connectivity index (χ0n) is 37.8. The lowest BCUT2D eigenvalue weighted by Gasteiger charge is -2.63. The number of likely N-dealkylation sites (tertiary alicyclic amines) is 1. The highest BCUT2D eigenvalue weighted by atomic mass is 35.5. The zero-order valence-corrected chi connectivity index (χ0v) is 38.5. The normalized spacial score (nSPS) is 22.0. The van der Waals surface area contributed by atoms with Crippen LogP contribution in [-0.4, -0.2) is 126 Å². The van der Waals surface area contributed by atoms with E-state index in [1.165, 1.54) is 6.07 Å². The number of halogens is 1. The zero-order chi connectivity index (χ0) is 46.8. The van der Waals surface area contributed by atoms with Crippen molar-refractivity contribution in [2.75, 3.05) is 63.9 Å². The Hall–Kier alpha value is -6.09. The molecule has 4 amide bonds. The third kappa shape index (κ3) is 9.86. The van der Waals surface area contributed by atoms with Gasteiger partial charge in [0.15, 0.2) is 6.61 Å². The number of rotatable bonds is 14. The first-order valence-electron chi connectivity index (χ1n) is 22.6. The molecule has 3 aromatic carbocycles. The molecule has 8 rings (SSSR count). The number of piperazine rings is 1. The number of carbonyl (C=O) groups excluding carboxylic acids is 4. The average molecular weight is 922 g/mol. The second-order valence-corrected chi connectivity index (χ2v) is 19.2. The quantitative estimate of drug-likeness (QED) is 0.132. The number of anilines is 1. The minimum atomic E-state index is -0.934. The van der Waals surface area contributed by atoms with E-state index in [9.17, 15) is 29.2 Å². The molecule has 1 unspecified atom stereocenters. The predicted molar refractivity (Wildman–Crippen MR) is 245 cm³/mol. The standard InChI is InChI=1S/C48H56ClN9O8/c1-47(2)45(48(3,4)46(47)66-35-11-8-31(28-50)37(49)27-35)52-42(61)30-6-9-32(10-7-30)56-23-21-55(22-24-56)18-5-25-64-33-16-19-57(20-17-33)41(60)29-65-34-12-13-38-36(26-34)44(63)58(54-53-38)39-14-15-40(59)51-43(39)62/h6-13,26-27,33,39,45-46H,5,14-25,29H2,1-4H3,(H,52,61)(H,51,59,62)/t39?,45-,46-. The molecule has 0 radical (unpaired) electrons. The van der Waals surface area contributed by atoms with Crippen molar-refractivity contribution in [3.05, 3.63) is 87.2 Å². The Morgan fingerprint density at radius 3 is 2.30 bits per heavy atom. The van der Waals surface area contributed by atoms with Crippen LogP contribution in [0.15, 0.2) is 65.5 Å². The molecule has 3 aliphatic heterocycles. The number of fused-ring (bicyclic) bond motifs is 1. The summed E-state index contributed by atoms with van der Waals surface area (Å²) >= 11 is 6.25. The van der Waals surface area contributed by atoms with Crippen molar-refractivity contribution < 1.29 is 33.4 Å². The van der Waals surface area contributed by atoms with Crippen LogP contribution in [-0.2, 0) is 19.1 Å². The molecule has 0 spiro atoms. The van der Waals surface area contributed by atoms with Crippen molar-refractivity contribution >= 4 is 51.8 Å². The van der Waals surface area contributed by atoms with Crippen LogP contribution in [0.4, 0.5) is 5.69 Å². The molecule has 348 valence electrons. The Balaban J connectivity index is 0.713. The fraction of sp³-hybridized carbons (Fsp3) is 0.500. The van der Waals surface area contributed by atoms with E-state index < -0.39 is 23.4 Å². The highest BCUT2D eigenvalue weighted by Crippen LogP contribution is 2.55. The van der Waals surface area contributed by atoms with E-state index in [1.54, 1.807) is 35.2 Å². The molecule has 1 aromatic heterocycles. The molecular formula is C48H56ClN9O8. The smallest absolute Gasteiger partial charge is 0.278 e. The van der Waals surface area contributed by atoms with E-state index in [1.807, 2.05) is 24.3 Å². The molecule has 1 atom stereocenters. The Morgan fingerprint density at radius 1 is 0.909 bits per heavy atom. The minimum absolute atomic E-state index is 0.0859. The monoisotopic (exact) mass is 921 g/mol. The number of hydrogen-bond donors (Lipinski definition) is 2. The lowest BCUT2D eigenvalue weighted by molar-refractivity contribution is -0.164. The molecule has 1 aliphatic carbocycles. The summed E-state index contributed by atoms with van der Waals surface area (Å²) in [5.41, 5.74) is 1.17. The molecule has 2 N–H and O–H groups in total. The second kappa shape index (κ2) is 19.4. The van der Waals surface area contributed by atoms with Crippen LogP contribution >= 0.6 is 11.6 Å². The third-order valence-electron chi connectivity index (χ3n) is 13.6. The first kappa shape index (κ1) is 46.4. The van der Waals surface area contributed by atoms with Crippen molar-refractivity contribution in [3.8, 4) is 17.6 Å². The van der Waals surface area contributed by atoms with Crippen LogP contribution in [0, 0.1) is 22.2 Å². The van der Waals surface area contributed by atoms with Gasteiger partial charge in [0.1, 0.15) is 35.2 Å². The van der Waals surface area contributed by atoms with Gasteiger partial charge in [-0.1, -0.05) is 44.5 Å². The van der Waals surface area contributed by atoms with Crippen LogP contribution in [0.25, 0.3) is 10.9 Å². The van der Waals surface area contributed by atoms with E-state index >= 15 is 0 Å². The van der Waals surface area contributed by atoms with Gasteiger partial charge in [0.2, 0.25) is 5.91 Å². The van der Waals surface area contributed by atoms with Crippen LogP contribution in [0.3, 0.4) is 0 Å². The van der Waals surface area contributed by atoms with Crippen molar-refractivity contribution in [1.29, 1.82) is 5.26 Å². The van der Waals surface area contributed by atoms with Crippen molar-refractivity contribution in [2.45, 2.75) is 84.1 Å². The van der Waals surface area contributed by atoms with Crippen LogP contribution in [0.1, 0.15) is 81.8 Å². The van der Waals surface area contributed by atoms with Gasteiger partial charge in [0.05, 0.1) is 22.1 Å². The largest absolute Gasteiger partial charge is 0.489 e. The highest BCUT2D eigenvalue weighted by molar-refractivity contribution is 6.31. The van der Waals surface area contributed by atoms with Gasteiger partial charge in [-0.3, -0.25) is 34.2 Å². The number of hydrogen-bond acceptors (Lipinski definition) is 13. The number of benzene rings is 3. The molecule has 3 saturated heterocycles. The summed E-state index contributed by atoms with van der Waals surface area (Å²) < 4.78 is 19.4. The summed E-state index contributed by atoms with van der Waals surface area (Å²) in [5.74, 6) is -0.353. The van der Waals surface area contributed by atoms with Gasteiger partial charge in [-0.2, -0.15) is 9.94 Å². The highest BCUT2D eigenvalue weighted by Gasteiger charge is 2.64. The van der Waals surface area contributed by atoms with Gasteiger partial charge in [0.25, 0.3) is 23.3 Å². The number of imide groups is 1. The molecule has 4 aliphatic rings. The number of carbonyl (C=O) groups is 4. The number of nitrogens with one attached hydrogen (secondary N) is 2. The van der Waals surface area contributed by atoms with Crippen LogP contribution in [0.5, 0.6) is 11.5 Å². The third-order valence-corrected chi connectivity index (χ3v) is 13.9. The van der Waals surface area contributed by atoms with Gasteiger partial charge in [-0.15, -0.1) is 5.10 Å². The summed E-state index contributed by atoms with van der Waals surface area (Å²) in [5, 5.41) is 23.3. The number of nitrogens with zero attached hydrogens (tertiary/aromatic N) is 7. The van der Waals surface area contributed by atoms with E-state index in [0.717, 1.165) is 62.4 Å². The first-order chi connectivity index (χ1) is 31.6. The van der Waals surface area contributed by atoms with Crippen molar-refractivity contribution in [2.24, 2.45) is 10.8 Å². The summed E-state index contributed by atoms with van der Waals surface area (Å²) in [7, 11) is 0. The fourth-order valence-corrected chi connectivity index (χ4v) is 10.4. The number of amides is 4. The van der Waals surface area contributed by atoms with E-state index in [-0.39, 0.29) is 65.7 Å². The van der Waals surface area contributed by atoms with Crippen molar-refractivity contribution in [3.63, 3.8) is 0 Å². The fourth-order valence-electron chi connectivity index (χ4n) is 10.2. The molecule has 4 fully saturated rings. The predicted octanol–water partition coefficient (Wildman–Crippen LogP) is 4.50. The number of ether oxygens (including phenoxy) is 3. The first-order valence-corrected chi connectivity index (χ1v) is 23.0. The molecular weight excluding hydrogens is 866 g/mol. The summed E-state index contributed by atoms with van der Waals surface area (Å²) in [6.45, 7) is 14.5. The van der Waals surface area contributed by atoms with E-state index in [0.29, 0.717) is 52.9 Å². The second-order valence-electron chi connectivity index (χ2n) is 18.8. The van der Waals surface area contributed by atoms with Gasteiger partial charge < -0.3 is 29.3 Å². The Labute approximate surface area is 388 Å². The number of aromatic nitrogens is 3. The lowest BCUT2D eigenvalue weighted by atomic mass is 9.49. The molecule has 17 nitrogen and oxygen atoms in total. The maximum atomic E-state index is 13.5. The molecule has 1 saturated carbocycles.